The zero-order chi connectivity index (χ0) is 27.6. The number of thiazole rings is 1. The summed E-state index contributed by atoms with van der Waals surface area (Å²) in [7, 11) is 0. The zero-order valence-electron chi connectivity index (χ0n) is 21.4. The molecule has 0 atom stereocenters. The Morgan fingerprint density at radius 2 is 1.82 bits per heavy atom. The van der Waals surface area contributed by atoms with E-state index in [9.17, 15) is 18.4 Å². The van der Waals surface area contributed by atoms with Crippen molar-refractivity contribution < 1.29 is 23.1 Å². The summed E-state index contributed by atoms with van der Waals surface area (Å²) >= 11 is 1.22. The lowest BCUT2D eigenvalue weighted by molar-refractivity contribution is 0.0528. The second kappa shape index (κ2) is 11.2. The molecule has 0 radical (unpaired) electrons. The first-order chi connectivity index (χ1) is 19.5. The van der Waals surface area contributed by atoms with Crippen LogP contribution in [0.15, 0.2) is 36.1 Å². The average Bonchev–Trinajstić information content (AvgIpc) is 3.75. The minimum Gasteiger partial charge on any atom is -0.378 e. The third-order valence-corrected chi connectivity index (χ3v) is 7.90. The number of nitrogens with one attached hydrogen (secondary N) is 1. The largest absolute Gasteiger partial charge is 0.378 e. The molecule has 14 heteroatoms. The van der Waals surface area contributed by atoms with Gasteiger partial charge in [-0.25, -0.2) is 19.2 Å². The fourth-order valence-electron chi connectivity index (χ4n) is 4.91. The van der Waals surface area contributed by atoms with Gasteiger partial charge in [-0.05, 0) is 25.0 Å². The number of anilines is 1. The SMILES string of the molecule is O=C(Nc1cn(C2CCCCC2)nc1-c1nc(F)ccc1F)c1csc(-c2cnn(C(=O)N3CCOCC3)c2)n1. The number of carbonyl (C=O) groups excluding carboxylic acids is 2. The van der Waals surface area contributed by atoms with Crippen LogP contribution in [0.5, 0.6) is 0 Å². The van der Waals surface area contributed by atoms with Crippen LogP contribution < -0.4 is 5.32 Å². The van der Waals surface area contributed by atoms with Gasteiger partial charge in [-0.15, -0.1) is 11.3 Å². The number of amides is 2. The van der Waals surface area contributed by atoms with Gasteiger partial charge in [-0.1, -0.05) is 19.3 Å². The highest BCUT2D eigenvalue weighted by atomic mass is 32.1. The third kappa shape index (κ3) is 5.36. The predicted molar refractivity (Wildman–Crippen MR) is 142 cm³/mol. The Hall–Kier alpha value is -4.04. The summed E-state index contributed by atoms with van der Waals surface area (Å²) in [6.45, 7) is 1.94. The standard InChI is InChI=1S/C26H26F2N8O3S/c27-18-6-7-21(28)32-22(18)23-19(14-35(33-23)17-4-2-1-3-5-17)30-24(37)20-15-40-25(31-20)16-12-29-36(13-16)26(38)34-8-10-39-11-9-34/h6-7,12-15,17H,1-5,8-11H2,(H,30,37). The van der Waals surface area contributed by atoms with Crippen molar-refractivity contribution in [2.24, 2.45) is 0 Å². The lowest BCUT2D eigenvalue weighted by atomic mass is 9.96. The molecule has 2 fully saturated rings. The van der Waals surface area contributed by atoms with E-state index in [-0.39, 0.29) is 34.8 Å². The molecule has 1 aliphatic heterocycles. The summed E-state index contributed by atoms with van der Waals surface area (Å²) in [5.41, 5.74) is 0.695. The van der Waals surface area contributed by atoms with Crippen LogP contribution in [-0.2, 0) is 4.74 Å². The number of aromatic nitrogens is 6. The van der Waals surface area contributed by atoms with Gasteiger partial charge in [0.25, 0.3) is 5.91 Å². The molecule has 1 saturated carbocycles. The van der Waals surface area contributed by atoms with Crippen molar-refractivity contribution in [2.45, 2.75) is 38.1 Å². The van der Waals surface area contributed by atoms with Crippen LogP contribution in [-0.4, -0.2) is 72.7 Å². The molecule has 11 nitrogen and oxygen atoms in total. The van der Waals surface area contributed by atoms with Gasteiger partial charge in [0.15, 0.2) is 5.82 Å². The minimum absolute atomic E-state index is 0.0503. The number of carbonyl (C=O) groups is 2. The molecule has 5 heterocycles. The van der Waals surface area contributed by atoms with E-state index in [1.165, 1.54) is 22.2 Å². The monoisotopic (exact) mass is 568 g/mol. The molecule has 1 saturated heterocycles. The molecule has 40 heavy (non-hydrogen) atoms. The first-order valence-corrected chi connectivity index (χ1v) is 13.9. The van der Waals surface area contributed by atoms with Crippen LogP contribution in [0.4, 0.5) is 19.3 Å². The van der Waals surface area contributed by atoms with Gasteiger partial charge in [-0.3, -0.25) is 9.48 Å². The molecule has 0 bridgehead atoms. The van der Waals surface area contributed by atoms with Gasteiger partial charge in [0.1, 0.15) is 22.1 Å². The Bertz CT molecular complexity index is 1540. The molecule has 1 N–H and O–H groups in total. The lowest BCUT2D eigenvalue weighted by Gasteiger charge is -2.26. The fourth-order valence-corrected chi connectivity index (χ4v) is 5.68. The van der Waals surface area contributed by atoms with Gasteiger partial charge < -0.3 is 15.0 Å². The van der Waals surface area contributed by atoms with Crippen molar-refractivity contribution in [1.29, 1.82) is 0 Å². The fraction of sp³-hybridized carbons (Fsp3) is 0.385. The Morgan fingerprint density at radius 3 is 2.62 bits per heavy atom. The summed E-state index contributed by atoms with van der Waals surface area (Å²) < 4.78 is 36.8. The van der Waals surface area contributed by atoms with E-state index in [2.05, 4.69) is 25.5 Å². The number of morpholine rings is 1. The van der Waals surface area contributed by atoms with E-state index in [1.54, 1.807) is 27.4 Å². The van der Waals surface area contributed by atoms with Gasteiger partial charge >= 0.3 is 6.03 Å². The molecule has 0 unspecified atom stereocenters. The first-order valence-electron chi connectivity index (χ1n) is 13.1. The maximum atomic E-state index is 14.7. The Kier molecular flexibility index (Phi) is 7.34. The maximum Gasteiger partial charge on any atom is 0.344 e. The van der Waals surface area contributed by atoms with Crippen LogP contribution in [0.25, 0.3) is 22.0 Å². The highest BCUT2D eigenvalue weighted by Crippen LogP contribution is 2.34. The number of hydrogen-bond donors (Lipinski definition) is 1. The zero-order valence-corrected chi connectivity index (χ0v) is 22.2. The molecule has 0 aromatic carbocycles. The van der Waals surface area contributed by atoms with Crippen LogP contribution >= 0.6 is 11.3 Å². The number of hydrogen-bond acceptors (Lipinski definition) is 8. The van der Waals surface area contributed by atoms with Crippen LogP contribution in [0.3, 0.4) is 0 Å². The molecule has 2 aliphatic rings. The molecule has 4 aromatic rings. The number of rotatable bonds is 5. The van der Waals surface area contributed by atoms with E-state index in [0.29, 0.717) is 36.9 Å². The highest BCUT2D eigenvalue weighted by Gasteiger charge is 2.25. The summed E-state index contributed by atoms with van der Waals surface area (Å²) in [6, 6.07) is 1.75. The minimum atomic E-state index is -0.849. The van der Waals surface area contributed by atoms with E-state index >= 15 is 0 Å². The molecule has 1 aliphatic carbocycles. The number of nitrogens with zero attached hydrogens (tertiary/aromatic N) is 7. The van der Waals surface area contributed by atoms with Gasteiger partial charge in [0.05, 0.1) is 31.1 Å². The Balaban J connectivity index is 1.23. The first kappa shape index (κ1) is 26.2. The maximum absolute atomic E-state index is 14.7. The van der Waals surface area contributed by atoms with Crippen LogP contribution in [0.2, 0.25) is 0 Å². The highest BCUT2D eigenvalue weighted by molar-refractivity contribution is 7.13. The Labute approximate surface area is 231 Å². The number of halogens is 2. The van der Waals surface area contributed by atoms with Gasteiger partial charge in [0, 0.05) is 36.4 Å². The van der Waals surface area contributed by atoms with Crippen molar-refractivity contribution in [2.75, 3.05) is 31.6 Å². The predicted octanol–water partition coefficient (Wildman–Crippen LogP) is 4.60. The quantitative estimate of drug-likeness (QED) is 0.350. The smallest absolute Gasteiger partial charge is 0.344 e. The number of pyridine rings is 1. The third-order valence-electron chi connectivity index (χ3n) is 7.01. The summed E-state index contributed by atoms with van der Waals surface area (Å²) in [5, 5.41) is 13.5. The van der Waals surface area contributed by atoms with Crippen LogP contribution in [0, 0.1) is 11.8 Å². The van der Waals surface area contributed by atoms with Crippen molar-refractivity contribution in [3.8, 4) is 22.0 Å². The summed E-state index contributed by atoms with van der Waals surface area (Å²) in [4.78, 5) is 35.7. The van der Waals surface area contributed by atoms with E-state index in [4.69, 9.17) is 4.74 Å². The second-order valence-corrected chi connectivity index (χ2v) is 10.5. The van der Waals surface area contributed by atoms with E-state index < -0.39 is 17.7 Å². The normalized spacial score (nSPS) is 16.3. The van der Waals surface area contributed by atoms with Gasteiger partial charge in [0.2, 0.25) is 5.95 Å². The number of ether oxygens (including phenoxy) is 1. The Morgan fingerprint density at radius 1 is 1.02 bits per heavy atom. The average molecular weight is 569 g/mol. The van der Waals surface area contributed by atoms with Crippen molar-refractivity contribution >= 4 is 29.0 Å². The van der Waals surface area contributed by atoms with Crippen molar-refractivity contribution in [3.63, 3.8) is 0 Å². The molecule has 2 amide bonds. The topological polar surface area (TPSA) is 120 Å². The van der Waals surface area contributed by atoms with Crippen molar-refractivity contribution in [1.82, 2.24) is 34.4 Å². The molecule has 208 valence electrons. The molecular formula is C26H26F2N8O3S. The molecule has 6 rings (SSSR count). The summed E-state index contributed by atoms with van der Waals surface area (Å²) in [5.74, 6) is -2.14. The molecule has 0 spiro atoms. The van der Waals surface area contributed by atoms with Crippen molar-refractivity contribution in [3.05, 3.63) is 53.6 Å². The second-order valence-electron chi connectivity index (χ2n) is 9.68. The van der Waals surface area contributed by atoms with Gasteiger partial charge in [-0.2, -0.15) is 19.3 Å². The molecule has 4 aromatic heterocycles. The lowest BCUT2D eigenvalue weighted by Crippen LogP contribution is -2.43. The van der Waals surface area contributed by atoms with E-state index in [1.807, 2.05) is 0 Å². The molecular weight excluding hydrogens is 542 g/mol. The van der Waals surface area contributed by atoms with Crippen LogP contribution in [0.1, 0.15) is 48.6 Å². The summed E-state index contributed by atoms with van der Waals surface area (Å²) in [6.07, 6.45) is 9.78. The van der Waals surface area contributed by atoms with E-state index in [0.717, 1.165) is 44.2 Å².